The number of nitrogens with zero attached hydrogens (tertiary/aromatic N) is 11. The number of anilines is 5. The van der Waals surface area contributed by atoms with Crippen LogP contribution in [-0.4, -0.2) is 116 Å². The minimum absolute atomic E-state index is 0.00974. The fraction of sp³-hybridized carbons (Fsp3) is 0.400. The summed E-state index contributed by atoms with van der Waals surface area (Å²) in [6.45, 7) is 8.69. The average Bonchev–Trinajstić information content (AvgIpc) is 3.86. The van der Waals surface area contributed by atoms with Gasteiger partial charge in [0, 0.05) is 75.8 Å². The number of rotatable bonds is 11. The maximum Gasteiger partial charge on any atom is 0.273 e. The van der Waals surface area contributed by atoms with Crippen LogP contribution in [0.15, 0.2) is 54.7 Å². The average molecular weight is 757 g/mol. The first-order chi connectivity index (χ1) is 27.1. The van der Waals surface area contributed by atoms with Crippen molar-refractivity contribution in [2.75, 3.05) is 69.9 Å². The lowest BCUT2D eigenvalue weighted by atomic mass is 9.93. The molecule has 4 aromatic heterocycles. The molecule has 0 radical (unpaired) electrons. The van der Waals surface area contributed by atoms with Gasteiger partial charge in [0.25, 0.3) is 11.8 Å². The number of aromatic nitrogens is 7. The molecule has 0 bridgehead atoms. The molecule has 16 nitrogen and oxygen atoms in total. The number of aryl methyl sites for hydroxylation is 1. The summed E-state index contributed by atoms with van der Waals surface area (Å²) in [6.07, 6.45) is 4.09. The first-order valence-corrected chi connectivity index (χ1v) is 19.1. The molecule has 2 saturated heterocycles. The number of carbonyl (C=O) groups is 2. The Labute approximate surface area is 326 Å². The number of likely N-dealkylation sites (tertiary alicyclic amines) is 2. The van der Waals surface area contributed by atoms with Gasteiger partial charge < -0.3 is 30.7 Å². The smallest absolute Gasteiger partial charge is 0.273 e. The summed E-state index contributed by atoms with van der Waals surface area (Å²) < 4.78 is 2.18. The molecule has 290 valence electrons. The number of hydrogen-bond donors (Lipinski definition) is 3. The van der Waals surface area contributed by atoms with Crippen molar-refractivity contribution < 1.29 is 9.59 Å². The van der Waals surface area contributed by atoms with Crippen molar-refractivity contribution in [2.45, 2.75) is 51.9 Å². The normalized spacial score (nSPS) is 16.7. The Morgan fingerprint density at radius 3 is 2.46 bits per heavy atom. The van der Waals surface area contributed by atoms with E-state index in [1.165, 1.54) is 0 Å². The van der Waals surface area contributed by atoms with Crippen molar-refractivity contribution in [3.63, 3.8) is 0 Å². The van der Waals surface area contributed by atoms with Crippen LogP contribution < -0.4 is 20.9 Å². The summed E-state index contributed by atoms with van der Waals surface area (Å²) in [5.41, 5.74) is 8.01. The third-order valence-corrected chi connectivity index (χ3v) is 10.7. The Kier molecular flexibility index (Phi) is 10.1. The quantitative estimate of drug-likeness (QED) is 0.172. The number of benzene rings is 1. The minimum atomic E-state index is -0.360. The van der Waals surface area contributed by atoms with Gasteiger partial charge in [-0.15, -0.1) is 10.2 Å². The highest BCUT2D eigenvalue weighted by atomic mass is 16.2. The Morgan fingerprint density at radius 1 is 0.911 bits per heavy atom. The van der Waals surface area contributed by atoms with Crippen LogP contribution in [0.4, 0.5) is 28.7 Å². The molecule has 0 saturated carbocycles. The van der Waals surface area contributed by atoms with E-state index >= 15 is 0 Å². The Bertz CT molecular complexity index is 2280. The first-order valence-electron chi connectivity index (χ1n) is 19.1. The fourth-order valence-electron chi connectivity index (χ4n) is 7.89. The molecule has 2 fully saturated rings. The number of nitrogens with one attached hydrogen (secondary N) is 3. The van der Waals surface area contributed by atoms with Crippen LogP contribution >= 0.6 is 0 Å². The summed E-state index contributed by atoms with van der Waals surface area (Å²) in [4.78, 5) is 48.4. The zero-order valence-electron chi connectivity index (χ0n) is 32.7. The molecule has 3 N–H and O–H groups in total. The van der Waals surface area contributed by atoms with Gasteiger partial charge in [-0.25, -0.2) is 15.0 Å². The van der Waals surface area contributed by atoms with E-state index in [0.29, 0.717) is 41.9 Å². The third kappa shape index (κ3) is 7.24. The number of amides is 2. The van der Waals surface area contributed by atoms with Gasteiger partial charge in [-0.2, -0.15) is 5.10 Å². The zero-order valence-corrected chi connectivity index (χ0v) is 32.7. The van der Waals surface area contributed by atoms with E-state index in [0.717, 1.165) is 78.6 Å². The van der Waals surface area contributed by atoms with Crippen LogP contribution in [0, 0.1) is 6.92 Å². The van der Waals surface area contributed by atoms with Crippen LogP contribution in [0.25, 0.3) is 11.1 Å². The molecule has 2 amide bonds. The van der Waals surface area contributed by atoms with Gasteiger partial charge in [0.2, 0.25) is 0 Å². The number of pyridine rings is 1. The lowest BCUT2D eigenvalue weighted by molar-refractivity contribution is 0.0780. The Hall–Kier alpha value is -6.00. The van der Waals surface area contributed by atoms with Crippen molar-refractivity contribution in [3.8, 4) is 11.1 Å². The molecule has 1 unspecified atom stereocenters. The van der Waals surface area contributed by atoms with Crippen molar-refractivity contribution in [2.24, 2.45) is 0 Å². The van der Waals surface area contributed by atoms with Crippen LogP contribution in [0.3, 0.4) is 0 Å². The monoisotopic (exact) mass is 756 g/mol. The first kappa shape index (κ1) is 36.9. The molecule has 8 rings (SSSR count). The van der Waals surface area contributed by atoms with Crippen molar-refractivity contribution in [1.82, 2.24) is 54.9 Å². The molecule has 1 aromatic carbocycles. The van der Waals surface area contributed by atoms with E-state index in [-0.39, 0.29) is 29.6 Å². The minimum Gasteiger partial charge on any atom is -0.364 e. The molecule has 7 heterocycles. The van der Waals surface area contributed by atoms with E-state index in [1.807, 2.05) is 73.4 Å². The topological polar surface area (TPSA) is 165 Å². The van der Waals surface area contributed by atoms with Crippen molar-refractivity contribution in [1.29, 1.82) is 0 Å². The second kappa shape index (κ2) is 15.3. The number of carbonyl (C=O) groups excluding carboxylic acids is 2. The van der Waals surface area contributed by atoms with Gasteiger partial charge in [-0.05, 0) is 59.0 Å². The van der Waals surface area contributed by atoms with Gasteiger partial charge in [0.05, 0.1) is 53.3 Å². The second-order valence-corrected chi connectivity index (χ2v) is 15.1. The lowest BCUT2D eigenvalue weighted by Gasteiger charge is -2.42. The van der Waals surface area contributed by atoms with E-state index in [9.17, 15) is 9.59 Å². The molecular weight excluding hydrogens is 709 g/mol. The highest BCUT2D eigenvalue weighted by Crippen LogP contribution is 2.49. The van der Waals surface area contributed by atoms with E-state index < -0.39 is 0 Å². The molecule has 3 aliphatic rings. The molecule has 5 aromatic rings. The molecule has 0 aliphatic carbocycles. The van der Waals surface area contributed by atoms with Crippen molar-refractivity contribution in [3.05, 3.63) is 89.0 Å². The summed E-state index contributed by atoms with van der Waals surface area (Å²) >= 11 is 0. The summed E-state index contributed by atoms with van der Waals surface area (Å²) in [7, 11) is 7.60. The predicted molar refractivity (Wildman–Crippen MR) is 214 cm³/mol. The molecule has 1 atom stereocenters. The number of para-hydroxylation sites is 1. The third-order valence-electron chi connectivity index (χ3n) is 10.7. The Balaban J connectivity index is 1.02. The van der Waals surface area contributed by atoms with Gasteiger partial charge in [0.15, 0.2) is 11.5 Å². The highest BCUT2D eigenvalue weighted by Gasteiger charge is 2.37. The number of hydrogen-bond acceptors (Lipinski definition) is 13. The predicted octanol–water partition coefficient (Wildman–Crippen LogP) is 4.55. The summed E-state index contributed by atoms with van der Waals surface area (Å²) in [6, 6.07) is 15.7. The largest absolute Gasteiger partial charge is 0.364 e. The molecule has 0 spiro atoms. The van der Waals surface area contributed by atoms with Crippen LogP contribution in [-0.2, 0) is 13.1 Å². The standard InChI is InChI=1S/C40H48N14O2/c1-24-17-33(47-35(43-24)23-50(4)5)46-34-18-32(36(49-48-34)39(55)41-3)45-30-13-10-12-28-29-19-42-54(37(29)25(2)51(6)38(28)30)27-21-52(22-27)20-26-11-9-14-31(44-26)40(56)53-15-7-8-16-53/h9-14,17-19,25,27H,7-8,15-16,20-23H2,1-6H3,(H,41,55)(H2,43,45,46,47,48). The van der Waals surface area contributed by atoms with E-state index in [4.69, 9.17) is 10.1 Å². The molecular formula is C40H48N14O2. The SMILES string of the molecule is CNC(=O)c1nnc(Nc2cc(C)nc(CN(C)C)n2)cc1Nc1cccc2c1N(C)C(C)c1c-2cnn1C1CN(Cc2cccc(C(=O)N3CCCC3)n2)C1. The van der Waals surface area contributed by atoms with Crippen LogP contribution in [0.1, 0.15) is 75.7 Å². The maximum atomic E-state index is 13.0. The summed E-state index contributed by atoms with van der Waals surface area (Å²) in [5, 5.41) is 23.1. The summed E-state index contributed by atoms with van der Waals surface area (Å²) in [5.74, 6) is 1.36. The van der Waals surface area contributed by atoms with Crippen LogP contribution in [0.5, 0.6) is 0 Å². The van der Waals surface area contributed by atoms with Gasteiger partial charge >= 0.3 is 0 Å². The van der Waals surface area contributed by atoms with Gasteiger partial charge in [0.1, 0.15) is 17.3 Å². The molecule has 3 aliphatic heterocycles. The van der Waals surface area contributed by atoms with Gasteiger partial charge in [-0.3, -0.25) is 19.2 Å². The van der Waals surface area contributed by atoms with E-state index in [2.05, 4.69) is 70.6 Å². The fourth-order valence-corrected chi connectivity index (χ4v) is 7.89. The second-order valence-electron chi connectivity index (χ2n) is 15.1. The zero-order chi connectivity index (χ0) is 39.1. The van der Waals surface area contributed by atoms with Crippen molar-refractivity contribution >= 4 is 40.5 Å². The molecule has 16 heteroatoms. The molecule has 56 heavy (non-hydrogen) atoms. The number of fused-ring (bicyclic) bond motifs is 3. The Morgan fingerprint density at radius 2 is 1.70 bits per heavy atom. The maximum absolute atomic E-state index is 13.0. The van der Waals surface area contributed by atoms with Gasteiger partial charge in [-0.1, -0.05) is 18.2 Å². The van der Waals surface area contributed by atoms with Crippen LogP contribution in [0.2, 0.25) is 0 Å². The highest BCUT2D eigenvalue weighted by molar-refractivity contribution is 6.00. The van der Waals surface area contributed by atoms with E-state index in [1.54, 1.807) is 13.1 Å². The lowest BCUT2D eigenvalue weighted by Crippen LogP contribution is -2.48.